The van der Waals surface area contributed by atoms with E-state index in [1.807, 2.05) is 6.08 Å². The van der Waals surface area contributed by atoms with Crippen molar-refractivity contribution in [2.75, 3.05) is 13.2 Å². The summed E-state index contributed by atoms with van der Waals surface area (Å²) in [4.78, 5) is 12.7. The predicted molar refractivity (Wildman–Crippen MR) is 207 cm³/mol. The van der Waals surface area contributed by atoms with Gasteiger partial charge in [0, 0.05) is 6.42 Å². The van der Waals surface area contributed by atoms with Crippen LogP contribution in [0.2, 0.25) is 0 Å². The van der Waals surface area contributed by atoms with Crippen LogP contribution in [0.15, 0.2) is 36.5 Å². The van der Waals surface area contributed by atoms with Crippen molar-refractivity contribution < 1.29 is 39.8 Å². The SMILES string of the molecule is CCCCCCCCCCCCCCC/C=C/CC/C=C/CC/C=C/C(O)C(COC1OC(CO)C(O)C(O)C1O)NC(=O)CCCCCCC. The maximum Gasteiger partial charge on any atom is 0.220 e. The Labute approximate surface area is 311 Å². The van der Waals surface area contributed by atoms with Crippen molar-refractivity contribution in [2.45, 2.75) is 211 Å². The van der Waals surface area contributed by atoms with E-state index in [-0.39, 0.29) is 12.5 Å². The molecule has 0 bridgehead atoms. The van der Waals surface area contributed by atoms with Gasteiger partial charge in [-0.3, -0.25) is 4.79 Å². The molecule has 0 aromatic rings. The number of amides is 1. The highest BCUT2D eigenvalue weighted by Crippen LogP contribution is 2.22. The smallest absolute Gasteiger partial charge is 0.220 e. The molecule has 0 aromatic heterocycles. The summed E-state index contributed by atoms with van der Waals surface area (Å²) < 4.78 is 11.1. The second-order valence-corrected chi connectivity index (χ2v) is 14.4. The topological polar surface area (TPSA) is 149 Å². The lowest BCUT2D eigenvalue weighted by molar-refractivity contribution is -0.302. The molecule has 1 rings (SSSR count). The van der Waals surface area contributed by atoms with E-state index in [1.165, 1.54) is 89.9 Å². The monoisotopic (exact) mass is 724 g/mol. The van der Waals surface area contributed by atoms with Crippen LogP contribution in [0, 0.1) is 0 Å². The van der Waals surface area contributed by atoms with Crippen LogP contribution in [0.25, 0.3) is 0 Å². The van der Waals surface area contributed by atoms with E-state index >= 15 is 0 Å². The summed E-state index contributed by atoms with van der Waals surface area (Å²) in [6.45, 7) is 3.64. The predicted octanol–water partition coefficient (Wildman–Crippen LogP) is 7.72. The number of rotatable bonds is 33. The number of hydrogen-bond donors (Lipinski definition) is 6. The van der Waals surface area contributed by atoms with Crippen LogP contribution >= 0.6 is 0 Å². The minimum Gasteiger partial charge on any atom is -0.394 e. The molecule has 1 amide bonds. The van der Waals surface area contributed by atoms with Gasteiger partial charge in [0.25, 0.3) is 0 Å². The number of unbranched alkanes of at least 4 members (excludes halogenated alkanes) is 19. The summed E-state index contributed by atoms with van der Waals surface area (Å²) in [6, 6.07) is -0.821. The third-order valence-corrected chi connectivity index (χ3v) is 9.70. The average molecular weight is 724 g/mol. The molecule has 9 nitrogen and oxygen atoms in total. The zero-order valence-corrected chi connectivity index (χ0v) is 32.4. The summed E-state index contributed by atoms with van der Waals surface area (Å²) >= 11 is 0. The summed E-state index contributed by atoms with van der Waals surface area (Å²) in [5.41, 5.74) is 0. The lowest BCUT2D eigenvalue weighted by Crippen LogP contribution is -2.60. The van der Waals surface area contributed by atoms with Crippen LogP contribution in [-0.4, -0.2) is 87.5 Å². The highest BCUT2D eigenvalue weighted by atomic mass is 16.7. The molecular formula is C42H77NO8. The first-order valence-corrected chi connectivity index (χ1v) is 20.7. The largest absolute Gasteiger partial charge is 0.394 e. The molecule has 1 aliphatic heterocycles. The van der Waals surface area contributed by atoms with Gasteiger partial charge in [-0.25, -0.2) is 0 Å². The first-order chi connectivity index (χ1) is 24.8. The van der Waals surface area contributed by atoms with Crippen molar-refractivity contribution in [1.82, 2.24) is 5.32 Å². The molecule has 7 atom stereocenters. The van der Waals surface area contributed by atoms with Crippen molar-refractivity contribution in [3.05, 3.63) is 36.5 Å². The van der Waals surface area contributed by atoms with Crippen molar-refractivity contribution >= 4 is 5.91 Å². The van der Waals surface area contributed by atoms with Gasteiger partial charge in [-0.2, -0.15) is 0 Å². The number of allylic oxidation sites excluding steroid dienone is 5. The average Bonchev–Trinajstić information content (AvgIpc) is 3.13. The number of aliphatic hydroxyl groups is 5. The van der Waals surface area contributed by atoms with Gasteiger partial charge in [0.15, 0.2) is 6.29 Å². The number of nitrogens with one attached hydrogen (secondary N) is 1. The fourth-order valence-electron chi connectivity index (χ4n) is 6.30. The zero-order valence-electron chi connectivity index (χ0n) is 32.4. The molecule has 1 fully saturated rings. The standard InChI is InChI=1S/C42H77NO8/c1-3-5-7-9-10-11-12-13-14-15-16-17-18-19-20-21-22-23-24-25-26-28-29-31-36(45)35(43-38(46)32-30-27-8-6-4-2)34-50-42-41(49)40(48)39(47)37(33-44)51-42/h20-21,24-25,29,31,35-37,39-42,44-45,47-49H,3-19,22-23,26-28,30,32-34H2,1-2H3,(H,43,46)/b21-20+,25-24+,31-29+. The molecule has 9 heteroatoms. The first-order valence-electron chi connectivity index (χ1n) is 20.7. The van der Waals surface area contributed by atoms with Crippen molar-refractivity contribution in [3.63, 3.8) is 0 Å². The van der Waals surface area contributed by atoms with Crippen molar-refractivity contribution in [1.29, 1.82) is 0 Å². The Morgan fingerprint density at radius 2 is 1.12 bits per heavy atom. The van der Waals surface area contributed by atoms with Crippen molar-refractivity contribution in [2.24, 2.45) is 0 Å². The zero-order chi connectivity index (χ0) is 37.4. The van der Waals surface area contributed by atoms with E-state index in [0.29, 0.717) is 6.42 Å². The van der Waals surface area contributed by atoms with Crippen LogP contribution in [-0.2, 0) is 14.3 Å². The van der Waals surface area contributed by atoms with E-state index in [9.17, 15) is 30.3 Å². The highest BCUT2D eigenvalue weighted by Gasteiger charge is 2.44. The van der Waals surface area contributed by atoms with E-state index < -0.39 is 49.5 Å². The third-order valence-electron chi connectivity index (χ3n) is 9.70. The quantitative estimate of drug-likeness (QED) is 0.0298. The minimum absolute atomic E-state index is 0.206. The molecule has 7 unspecified atom stereocenters. The summed E-state index contributed by atoms with van der Waals surface area (Å²) in [5, 5.41) is 53.7. The Kier molecular flexibility index (Phi) is 30.7. The molecule has 0 aliphatic carbocycles. The molecule has 0 saturated carbocycles. The molecule has 1 saturated heterocycles. The summed E-state index contributed by atoms with van der Waals surface area (Å²) in [5.74, 6) is -0.206. The number of aliphatic hydroxyl groups excluding tert-OH is 5. The first kappa shape index (κ1) is 47.4. The van der Waals surface area contributed by atoms with Gasteiger partial charge in [-0.1, -0.05) is 153 Å². The molecule has 51 heavy (non-hydrogen) atoms. The maximum atomic E-state index is 12.7. The third kappa shape index (κ3) is 24.4. The number of carbonyl (C=O) groups excluding carboxylic acids is 1. The van der Waals surface area contributed by atoms with Crippen LogP contribution < -0.4 is 5.32 Å². The van der Waals surface area contributed by atoms with Gasteiger partial charge in [0.05, 0.1) is 25.4 Å². The van der Waals surface area contributed by atoms with E-state index in [1.54, 1.807) is 6.08 Å². The molecule has 1 heterocycles. The van der Waals surface area contributed by atoms with Gasteiger partial charge in [0.1, 0.15) is 24.4 Å². The fourth-order valence-corrected chi connectivity index (χ4v) is 6.30. The molecular weight excluding hydrogens is 646 g/mol. The normalized spacial score (nSPS) is 22.4. The fraction of sp³-hybridized carbons (Fsp3) is 0.833. The van der Waals surface area contributed by atoms with Crippen LogP contribution in [0.3, 0.4) is 0 Å². The summed E-state index contributed by atoms with van der Waals surface area (Å²) in [6.07, 6.45) is 32.5. The second kappa shape index (κ2) is 33.0. The maximum absolute atomic E-state index is 12.7. The Morgan fingerprint density at radius 3 is 1.65 bits per heavy atom. The lowest BCUT2D eigenvalue weighted by Gasteiger charge is -2.40. The molecule has 298 valence electrons. The molecule has 0 radical (unpaired) electrons. The summed E-state index contributed by atoms with van der Waals surface area (Å²) in [7, 11) is 0. The Bertz CT molecular complexity index is 894. The van der Waals surface area contributed by atoms with E-state index in [4.69, 9.17) is 9.47 Å². The molecule has 0 aromatic carbocycles. The van der Waals surface area contributed by atoms with Crippen molar-refractivity contribution in [3.8, 4) is 0 Å². The van der Waals surface area contributed by atoms with Crippen LogP contribution in [0.4, 0.5) is 0 Å². The van der Waals surface area contributed by atoms with E-state index in [2.05, 4.69) is 43.5 Å². The lowest BCUT2D eigenvalue weighted by atomic mass is 9.99. The van der Waals surface area contributed by atoms with Gasteiger partial charge >= 0.3 is 0 Å². The Balaban J connectivity index is 2.30. The van der Waals surface area contributed by atoms with Gasteiger partial charge in [-0.05, 0) is 44.9 Å². The van der Waals surface area contributed by atoms with Crippen LogP contribution in [0.1, 0.15) is 168 Å². The molecule has 6 N–H and O–H groups in total. The number of carbonyl (C=O) groups is 1. The molecule has 1 aliphatic rings. The number of ether oxygens (including phenoxy) is 2. The van der Waals surface area contributed by atoms with Gasteiger partial charge in [0.2, 0.25) is 5.91 Å². The van der Waals surface area contributed by atoms with Gasteiger partial charge < -0.3 is 40.3 Å². The minimum atomic E-state index is -1.57. The second-order valence-electron chi connectivity index (χ2n) is 14.4. The Morgan fingerprint density at radius 1 is 0.647 bits per heavy atom. The van der Waals surface area contributed by atoms with Crippen LogP contribution in [0.5, 0.6) is 0 Å². The van der Waals surface area contributed by atoms with E-state index in [0.717, 1.165) is 57.8 Å². The highest BCUT2D eigenvalue weighted by molar-refractivity contribution is 5.76. The van der Waals surface area contributed by atoms with Gasteiger partial charge in [-0.15, -0.1) is 0 Å². The molecule has 0 spiro atoms. The number of hydrogen-bond acceptors (Lipinski definition) is 8. The Hall–Kier alpha value is -1.59.